The van der Waals surface area contributed by atoms with Gasteiger partial charge < -0.3 is 14.7 Å². The van der Waals surface area contributed by atoms with Gasteiger partial charge in [-0.2, -0.15) is 5.10 Å². The molecule has 1 aliphatic carbocycles. The number of rotatable bonds is 3. The summed E-state index contributed by atoms with van der Waals surface area (Å²) in [5.74, 6) is 0.926. The van der Waals surface area contributed by atoms with Crippen molar-refractivity contribution in [3.63, 3.8) is 0 Å². The van der Waals surface area contributed by atoms with E-state index in [1.165, 1.54) is 0 Å². The summed E-state index contributed by atoms with van der Waals surface area (Å²) in [4.78, 5) is 10.9. The number of nitrogens with one attached hydrogen (secondary N) is 1. The number of H-pyrrole nitrogens is 1. The summed E-state index contributed by atoms with van der Waals surface area (Å²) in [5.41, 5.74) is 0.704. The van der Waals surface area contributed by atoms with E-state index in [0.717, 1.165) is 49.2 Å². The predicted octanol–water partition coefficient (Wildman–Crippen LogP) is 1.11. The quantitative estimate of drug-likeness (QED) is 0.883. The van der Waals surface area contributed by atoms with Gasteiger partial charge in [0.25, 0.3) is 0 Å². The molecule has 2 aromatic heterocycles. The Morgan fingerprint density at radius 1 is 1.41 bits per heavy atom. The van der Waals surface area contributed by atoms with E-state index in [0.29, 0.717) is 6.61 Å². The van der Waals surface area contributed by atoms with Crippen LogP contribution in [0.3, 0.4) is 0 Å². The minimum Gasteiger partial charge on any atom is -0.392 e. The second kappa shape index (κ2) is 5.17. The van der Waals surface area contributed by atoms with Gasteiger partial charge >= 0.3 is 0 Å². The van der Waals surface area contributed by atoms with Gasteiger partial charge in [-0.1, -0.05) is 0 Å². The van der Waals surface area contributed by atoms with Gasteiger partial charge in [-0.15, -0.1) is 0 Å². The van der Waals surface area contributed by atoms with Crippen molar-refractivity contribution in [1.29, 1.82) is 0 Å². The van der Waals surface area contributed by atoms with Gasteiger partial charge in [0.1, 0.15) is 12.1 Å². The number of anilines is 1. The van der Waals surface area contributed by atoms with E-state index in [2.05, 4.69) is 25.1 Å². The van der Waals surface area contributed by atoms with Gasteiger partial charge in [-0.25, -0.2) is 9.97 Å². The van der Waals surface area contributed by atoms with Gasteiger partial charge in [0.05, 0.1) is 23.8 Å². The second-order valence-electron chi connectivity index (χ2n) is 6.25. The fraction of sp³-hybridized carbons (Fsp3) is 0.667. The fourth-order valence-electron chi connectivity index (χ4n) is 3.96. The van der Waals surface area contributed by atoms with Crippen molar-refractivity contribution in [3.8, 4) is 0 Å². The average molecular weight is 303 g/mol. The molecule has 2 aliphatic rings. The van der Waals surface area contributed by atoms with Crippen molar-refractivity contribution in [2.24, 2.45) is 5.41 Å². The Balaban J connectivity index is 1.53. The SMILES string of the molecule is CCO[C@H]1C[C@H](O)C12CCN(c1ncnc3[nH]ncc13)CC2. The van der Waals surface area contributed by atoms with E-state index < -0.39 is 0 Å². The molecule has 0 unspecified atom stereocenters. The minimum absolute atomic E-state index is 0.0605. The highest BCUT2D eigenvalue weighted by Crippen LogP contribution is 2.51. The van der Waals surface area contributed by atoms with E-state index in [9.17, 15) is 5.11 Å². The van der Waals surface area contributed by atoms with Gasteiger partial charge in [0.2, 0.25) is 0 Å². The van der Waals surface area contributed by atoms with Crippen molar-refractivity contribution in [2.45, 2.75) is 38.4 Å². The minimum atomic E-state index is -0.231. The van der Waals surface area contributed by atoms with Crippen LogP contribution in [0.1, 0.15) is 26.2 Å². The molecule has 3 heterocycles. The number of aromatic amines is 1. The molecule has 2 fully saturated rings. The molecule has 7 nitrogen and oxygen atoms in total. The van der Waals surface area contributed by atoms with Gasteiger partial charge in [0, 0.05) is 31.5 Å². The Morgan fingerprint density at radius 3 is 2.95 bits per heavy atom. The number of piperidine rings is 1. The number of aliphatic hydroxyl groups is 1. The molecule has 2 aromatic rings. The molecule has 0 aromatic carbocycles. The van der Waals surface area contributed by atoms with Crippen LogP contribution in [0.2, 0.25) is 0 Å². The number of fused-ring (bicyclic) bond motifs is 1. The molecule has 2 N–H and O–H groups in total. The highest BCUT2D eigenvalue weighted by molar-refractivity contribution is 5.86. The monoisotopic (exact) mass is 303 g/mol. The lowest BCUT2D eigenvalue weighted by molar-refractivity contribution is -0.199. The number of aromatic nitrogens is 4. The molecule has 2 atom stereocenters. The Labute approximate surface area is 128 Å². The van der Waals surface area contributed by atoms with E-state index in [1.807, 2.05) is 6.92 Å². The molecule has 118 valence electrons. The standard InChI is InChI=1S/C15H21N5O2/c1-2-22-12-7-11(21)15(12)3-5-20(6-4-15)14-10-8-18-19-13(10)16-9-17-14/h8-9,11-12,21H,2-7H2,1H3,(H,16,17,18,19)/t11-,12-/m0/s1. The van der Waals surface area contributed by atoms with E-state index in [4.69, 9.17) is 4.74 Å². The van der Waals surface area contributed by atoms with Crippen LogP contribution in [-0.4, -0.2) is 57.2 Å². The molecule has 7 heteroatoms. The van der Waals surface area contributed by atoms with E-state index in [1.54, 1.807) is 12.5 Å². The molecule has 0 radical (unpaired) electrons. The zero-order chi connectivity index (χ0) is 15.2. The molecule has 0 amide bonds. The maximum atomic E-state index is 10.3. The lowest BCUT2D eigenvalue weighted by Gasteiger charge is -2.56. The van der Waals surface area contributed by atoms with Gasteiger partial charge in [-0.05, 0) is 19.8 Å². The molecule has 4 rings (SSSR count). The van der Waals surface area contributed by atoms with Crippen LogP contribution in [0.5, 0.6) is 0 Å². The number of ether oxygens (including phenoxy) is 1. The summed E-state index contributed by atoms with van der Waals surface area (Å²) in [7, 11) is 0. The van der Waals surface area contributed by atoms with Crippen LogP contribution >= 0.6 is 0 Å². The van der Waals surface area contributed by atoms with Crippen molar-refractivity contribution in [2.75, 3.05) is 24.6 Å². The smallest absolute Gasteiger partial charge is 0.160 e. The number of nitrogens with zero attached hydrogens (tertiary/aromatic N) is 4. The van der Waals surface area contributed by atoms with Crippen molar-refractivity contribution in [1.82, 2.24) is 20.2 Å². The van der Waals surface area contributed by atoms with Crippen LogP contribution in [0.15, 0.2) is 12.5 Å². The first-order chi connectivity index (χ1) is 10.7. The van der Waals surface area contributed by atoms with Crippen LogP contribution in [0.25, 0.3) is 11.0 Å². The van der Waals surface area contributed by atoms with Crippen LogP contribution in [0, 0.1) is 5.41 Å². The Kier molecular flexibility index (Phi) is 3.27. The summed E-state index contributed by atoms with van der Waals surface area (Å²) < 4.78 is 5.82. The normalized spacial score (nSPS) is 27.3. The number of hydrogen-bond acceptors (Lipinski definition) is 6. The number of hydrogen-bond donors (Lipinski definition) is 2. The van der Waals surface area contributed by atoms with Gasteiger partial charge in [0.15, 0.2) is 5.65 Å². The summed E-state index contributed by atoms with van der Waals surface area (Å²) in [6, 6.07) is 0. The van der Waals surface area contributed by atoms with Crippen molar-refractivity contribution < 1.29 is 9.84 Å². The van der Waals surface area contributed by atoms with Crippen LogP contribution in [-0.2, 0) is 4.74 Å². The van der Waals surface area contributed by atoms with Gasteiger partial charge in [-0.3, -0.25) is 5.10 Å². The molecule has 22 heavy (non-hydrogen) atoms. The molecular weight excluding hydrogens is 282 g/mol. The highest BCUT2D eigenvalue weighted by atomic mass is 16.5. The maximum absolute atomic E-state index is 10.3. The molecule has 0 bridgehead atoms. The second-order valence-corrected chi connectivity index (χ2v) is 6.25. The average Bonchev–Trinajstić information content (AvgIpc) is 3.03. The predicted molar refractivity (Wildman–Crippen MR) is 81.6 cm³/mol. The summed E-state index contributed by atoms with van der Waals surface area (Å²) in [6.45, 7) is 4.48. The Bertz CT molecular complexity index is 663. The molecule has 1 spiro atoms. The third-order valence-electron chi connectivity index (χ3n) is 5.33. The summed E-state index contributed by atoms with van der Waals surface area (Å²) in [6.07, 6.45) is 5.95. The Hall–Kier alpha value is -1.73. The third kappa shape index (κ3) is 1.92. The first-order valence-corrected chi connectivity index (χ1v) is 7.93. The fourth-order valence-corrected chi connectivity index (χ4v) is 3.96. The lowest BCUT2D eigenvalue weighted by Crippen LogP contribution is -2.62. The maximum Gasteiger partial charge on any atom is 0.160 e. The molecule has 1 aliphatic heterocycles. The van der Waals surface area contributed by atoms with Crippen molar-refractivity contribution in [3.05, 3.63) is 12.5 Å². The highest BCUT2D eigenvalue weighted by Gasteiger charge is 2.56. The molecule has 1 saturated carbocycles. The zero-order valence-corrected chi connectivity index (χ0v) is 12.7. The summed E-state index contributed by atoms with van der Waals surface area (Å²) in [5, 5.41) is 18.2. The van der Waals surface area contributed by atoms with Crippen molar-refractivity contribution >= 4 is 16.9 Å². The first kappa shape index (κ1) is 13.9. The van der Waals surface area contributed by atoms with Crippen LogP contribution < -0.4 is 4.90 Å². The third-order valence-corrected chi connectivity index (χ3v) is 5.33. The topological polar surface area (TPSA) is 87.2 Å². The lowest BCUT2D eigenvalue weighted by atomic mass is 9.58. The van der Waals surface area contributed by atoms with E-state index in [-0.39, 0.29) is 17.6 Å². The zero-order valence-electron chi connectivity index (χ0n) is 12.7. The Morgan fingerprint density at radius 2 is 2.23 bits per heavy atom. The molecular formula is C15H21N5O2. The molecule has 1 saturated heterocycles. The van der Waals surface area contributed by atoms with E-state index >= 15 is 0 Å². The number of aliphatic hydroxyl groups excluding tert-OH is 1. The summed E-state index contributed by atoms with van der Waals surface area (Å²) >= 11 is 0. The first-order valence-electron chi connectivity index (χ1n) is 7.93. The van der Waals surface area contributed by atoms with Crippen LogP contribution in [0.4, 0.5) is 5.82 Å². The largest absolute Gasteiger partial charge is 0.392 e.